The third-order valence-electron chi connectivity index (χ3n) is 8.90. The van der Waals surface area contributed by atoms with Crippen molar-refractivity contribution in [1.29, 1.82) is 0 Å². The molecule has 3 aromatic carbocycles. The first-order valence-corrected chi connectivity index (χ1v) is 18.2. The first kappa shape index (κ1) is 36.6. The van der Waals surface area contributed by atoms with Gasteiger partial charge in [-0.2, -0.15) is 0 Å². The smallest absolute Gasteiger partial charge is 0.343 e. The van der Waals surface area contributed by atoms with Crippen molar-refractivity contribution in [3.05, 3.63) is 89.5 Å². The van der Waals surface area contributed by atoms with Crippen LogP contribution in [0.15, 0.2) is 72.8 Å². The van der Waals surface area contributed by atoms with Gasteiger partial charge in [0.15, 0.2) is 0 Å². The molecule has 3 rings (SSSR count). The quantitative estimate of drug-likeness (QED) is 0.0573. The lowest BCUT2D eigenvalue weighted by molar-refractivity contribution is 0.0627. The Morgan fingerprint density at radius 2 is 1.02 bits per heavy atom. The first-order valence-electron chi connectivity index (χ1n) is 18.2. The lowest BCUT2D eigenvalue weighted by atomic mass is 10.00. The topological polar surface area (TPSA) is 35.5 Å². The van der Waals surface area contributed by atoms with Crippen LogP contribution in [0.25, 0.3) is 11.1 Å². The highest BCUT2D eigenvalue weighted by Gasteiger charge is 2.11. The molecule has 0 aliphatic rings. The van der Waals surface area contributed by atoms with Crippen LogP contribution < -0.4 is 4.74 Å². The zero-order chi connectivity index (χ0) is 32.0. The monoisotopic (exact) mass is 612 g/mol. The van der Waals surface area contributed by atoms with Crippen molar-refractivity contribution < 1.29 is 14.3 Å². The van der Waals surface area contributed by atoms with Crippen molar-refractivity contribution in [1.82, 2.24) is 0 Å². The number of carbonyl (C=O) groups excluding carboxylic acids is 1. The molecule has 0 saturated carbocycles. The molecule has 3 nitrogen and oxygen atoms in total. The summed E-state index contributed by atoms with van der Waals surface area (Å²) < 4.78 is 11.6. The fourth-order valence-electron chi connectivity index (χ4n) is 5.87. The molecule has 246 valence electrons. The van der Waals surface area contributed by atoms with Crippen molar-refractivity contribution in [3.63, 3.8) is 0 Å². The first-order chi connectivity index (χ1) is 22.1. The Bertz CT molecular complexity index is 1160. The molecule has 45 heavy (non-hydrogen) atoms. The summed E-state index contributed by atoms with van der Waals surface area (Å²) in [6.07, 6.45) is 24.0. The van der Waals surface area contributed by atoms with Crippen molar-refractivity contribution in [2.24, 2.45) is 0 Å². The highest BCUT2D eigenvalue weighted by Crippen LogP contribution is 2.24. The molecule has 0 amide bonds. The number of rotatable bonds is 24. The second kappa shape index (κ2) is 22.6. The molecular weight excluding hydrogens is 552 g/mol. The molecule has 0 aromatic heterocycles. The van der Waals surface area contributed by atoms with E-state index < -0.39 is 0 Å². The molecule has 0 bridgehead atoms. The van der Waals surface area contributed by atoms with Gasteiger partial charge in [0, 0.05) is 6.61 Å². The van der Waals surface area contributed by atoms with Crippen molar-refractivity contribution >= 4 is 5.97 Å². The molecule has 0 saturated heterocycles. The van der Waals surface area contributed by atoms with Gasteiger partial charge in [-0.25, -0.2) is 4.79 Å². The Kier molecular flexibility index (Phi) is 18.3. The predicted molar refractivity (Wildman–Crippen MR) is 191 cm³/mol. The van der Waals surface area contributed by atoms with E-state index in [2.05, 4.69) is 45.0 Å². The van der Waals surface area contributed by atoms with Crippen LogP contribution >= 0.6 is 0 Å². The number of benzene rings is 3. The molecular formula is C42H60O3. The van der Waals surface area contributed by atoms with E-state index in [0.717, 1.165) is 30.6 Å². The van der Waals surface area contributed by atoms with Gasteiger partial charge in [-0.3, -0.25) is 0 Å². The average molecular weight is 613 g/mol. The molecule has 0 fully saturated rings. The van der Waals surface area contributed by atoms with Crippen molar-refractivity contribution in [2.75, 3.05) is 6.61 Å². The van der Waals surface area contributed by atoms with E-state index in [-0.39, 0.29) is 12.1 Å². The summed E-state index contributed by atoms with van der Waals surface area (Å²) in [7, 11) is 0. The van der Waals surface area contributed by atoms with Crippen LogP contribution in [0.4, 0.5) is 0 Å². The van der Waals surface area contributed by atoms with Gasteiger partial charge in [-0.05, 0) is 72.7 Å². The van der Waals surface area contributed by atoms with E-state index in [0.29, 0.717) is 11.3 Å². The van der Waals surface area contributed by atoms with Crippen LogP contribution in [-0.2, 0) is 11.2 Å². The molecule has 0 spiro atoms. The lowest BCUT2D eigenvalue weighted by Gasteiger charge is -2.14. The predicted octanol–water partition coefficient (Wildman–Crippen LogP) is 12.9. The fraction of sp³-hybridized carbons (Fsp3) is 0.548. The van der Waals surface area contributed by atoms with Crippen LogP contribution in [0.2, 0.25) is 0 Å². The zero-order valence-corrected chi connectivity index (χ0v) is 28.7. The molecule has 3 heteroatoms. The van der Waals surface area contributed by atoms with Gasteiger partial charge in [0.2, 0.25) is 0 Å². The summed E-state index contributed by atoms with van der Waals surface area (Å²) in [6.45, 7) is 7.34. The van der Waals surface area contributed by atoms with Crippen LogP contribution in [0, 0.1) is 0 Å². The molecule has 0 heterocycles. The number of hydrogen-bond donors (Lipinski definition) is 0. The summed E-state index contributed by atoms with van der Waals surface area (Å²) in [5.41, 5.74) is 5.31. The highest BCUT2D eigenvalue weighted by atomic mass is 16.5. The molecule has 0 aliphatic carbocycles. The van der Waals surface area contributed by atoms with Crippen LogP contribution in [0.5, 0.6) is 5.75 Å². The SMILES string of the molecule is CCCCCCCCCCCCCCCc1ccc(-c2ccc(C(=O)Oc3ccc(C(C)OCCCCCC)cc3)cc2)cc1. The minimum atomic E-state index is -0.345. The van der Waals surface area contributed by atoms with E-state index in [4.69, 9.17) is 9.47 Å². The number of unbranched alkanes of at least 4 members (excludes halogenated alkanes) is 15. The van der Waals surface area contributed by atoms with Gasteiger partial charge < -0.3 is 9.47 Å². The maximum Gasteiger partial charge on any atom is 0.343 e. The van der Waals surface area contributed by atoms with E-state index in [9.17, 15) is 4.79 Å². The number of carbonyl (C=O) groups is 1. The molecule has 0 aliphatic heterocycles. The van der Waals surface area contributed by atoms with Crippen molar-refractivity contribution in [3.8, 4) is 16.9 Å². The Labute approximate surface area is 275 Å². The Hall–Kier alpha value is -2.91. The van der Waals surface area contributed by atoms with E-state index in [1.807, 2.05) is 48.5 Å². The summed E-state index contributed by atoms with van der Waals surface area (Å²) in [4.78, 5) is 12.8. The maximum absolute atomic E-state index is 12.8. The Morgan fingerprint density at radius 3 is 1.56 bits per heavy atom. The fourth-order valence-corrected chi connectivity index (χ4v) is 5.87. The summed E-state index contributed by atoms with van der Waals surface area (Å²) in [6, 6.07) is 24.2. The molecule has 1 unspecified atom stereocenters. The largest absolute Gasteiger partial charge is 0.423 e. The van der Waals surface area contributed by atoms with Gasteiger partial charge in [-0.1, -0.05) is 159 Å². The van der Waals surface area contributed by atoms with E-state index >= 15 is 0 Å². The van der Waals surface area contributed by atoms with Gasteiger partial charge in [0.1, 0.15) is 5.75 Å². The van der Waals surface area contributed by atoms with Gasteiger partial charge >= 0.3 is 5.97 Å². The molecule has 1 atom stereocenters. The number of esters is 1. The second-order valence-corrected chi connectivity index (χ2v) is 12.8. The standard InChI is InChI=1S/C42H60O3/c1-4-6-8-10-11-12-13-14-15-16-17-18-19-21-36-22-24-38(25-23-36)39-26-28-40(29-27-39)42(43)45-41-32-30-37(31-33-41)35(3)44-34-20-9-7-5-2/h22-33,35H,4-21,34H2,1-3H3. The van der Waals surface area contributed by atoms with E-state index in [1.54, 1.807) is 0 Å². The number of ether oxygens (including phenoxy) is 2. The van der Waals surface area contributed by atoms with Gasteiger partial charge in [0.05, 0.1) is 11.7 Å². The molecule has 0 N–H and O–H groups in total. The maximum atomic E-state index is 12.8. The number of aryl methyl sites for hydroxylation is 1. The third kappa shape index (κ3) is 14.8. The van der Waals surface area contributed by atoms with Gasteiger partial charge in [-0.15, -0.1) is 0 Å². The van der Waals surface area contributed by atoms with Crippen LogP contribution in [0.3, 0.4) is 0 Å². The third-order valence-corrected chi connectivity index (χ3v) is 8.90. The minimum absolute atomic E-state index is 0.0252. The molecule has 0 radical (unpaired) electrons. The minimum Gasteiger partial charge on any atom is -0.423 e. The summed E-state index contributed by atoms with van der Waals surface area (Å²) >= 11 is 0. The van der Waals surface area contributed by atoms with Crippen LogP contribution in [0.1, 0.15) is 158 Å². The lowest BCUT2D eigenvalue weighted by Crippen LogP contribution is -2.08. The Morgan fingerprint density at radius 1 is 0.556 bits per heavy atom. The summed E-state index contributed by atoms with van der Waals surface area (Å²) in [5.74, 6) is 0.199. The normalized spacial score (nSPS) is 11.9. The highest BCUT2D eigenvalue weighted by molar-refractivity contribution is 5.91. The number of hydrogen-bond acceptors (Lipinski definition) is 3. The second-order valence-electron chi connectivity index (χ2n) is 12.8. The average Bonchev–Trinajstić information content (AvgIpc) is 3.07. The molecule has 3 aromatic rings. The van der Waals surface area contributed by atoms with Crippen molar-refractivity contribution in [2.45, 2.75) is 142 Å². The van der Waals surface area contributed by atoms with Crippen LogP contribution in [-0.4, -0.2) is 12.6 Å². The Balaban J connectivity index is 1.32. The summed E-state index contributed by atoms with van der Waals surface area (Å²) in [5, 5.41) is 0. The van der Waals surface area contributed by atoms with Gasteiger partial charge in [0.25, 0.3) is 0 Å². The zero-order valence-electron chi connectivity index (χ0n) is 28.7. The van der Waals surface area contributed by atoms with E-state index in [1.165, 1.54) is 114 Å².